The highest BCUT2D eigenvalue weighted by Gasteiger charge is 2.25. The Morgan fingerprint density at radius 3 is 2.58 bits per heavy atom. The third-order valence-corrected chi connectivity index (χ3v) is 3.68. The molecule has 0 heterocycles. The van der Waals surface area contributed by atoms with Gasteiger partial charge in [-0.1, -0.05) is 42.5 Å². The maximum absolute atomic E-state index is 11.2. The molecule has 0 saturated carbocycles. The number of hydrogen-bond acceptors (Lipinski definition) is 2. The van der Waals surface area contributed by atoms with Gasteiger partial charge < -0.3 is 0 Å². The van der Waals surface area contributed by atoms with Crippen LogP contribution in [0.2, 0.25) is 0 Å². The van der Waals surface area contributed by atoms with E-state index in [1.165, 1.54) is 0 Å². The minimum absolute atomic E-state index is 0.192. The number of nitro groups is 1. The first-order chi connectivity index (χ1) is 9.25. The van der Waals surface area contributed by atoms with Crippen molar-refractivity contribution >= 4 is 33.3 Å². The van der Waals surface area contributed by atoms with Crippen LogP contribution in [-0.4, -0.2) is 4.92 Å². The molecule has 1 aliphatic rings. The van der Waals surface area contributed by atoms with E-state index in [-0.39, 0.29) is 10.6 Å². The van der Waals surface area contributed by atoms with Crippen LogP contribution in [0.25, 0.3) is 33.3 Å². The molecule has 0 unspecified atom stereocenters. The van der Waals surface area contributed by atoms with Gasteiger partial charge in [0.15, 0.2) is 0 Å². The van der Waals surface area contributed by atoms with E-state index in [2.05, 4.69) is 6.07 Å². The van der Waals surface area contributed by atoms with Crippen molar-refractivity contribution in [1.29, 1.82) is 0 Å². The van der Waals surface area contributed by atoms with Crippen LogP contribution in [0.5, 0.6) is 0 Å². The largest absolute Gasteiger partial charge is 0.277 e. The fraction of sp³-hybridized carbons (Fsp3) is 0. The first-order valence-electron chi connectivity index (χ1n) is 6.06. The van der Waals surface area contributed by atoms with E-state index in [0.29, 0.717) is 0 Å². The normalized spacial score (nSPS) is 12.9. The van der Waals surface area contributed by atoms with Crippen molar-refractivity contribution in [2.75, 3.05) is 0 Å². The molecule has 0 N–H and O–H groups in total. The zero-order valence-electron chi connectivity index (χ0n) is 9.96. The predicted molar refractivity (Wildman–Crippen MR) is 76.3 cm³/mol. The Morgan fingerprint density at radius 2 is 1.74 bits per heavy atom. The molecule has 0 radical (unpaired) electrons. The average Bonchev–Trinajstić information content (AvgIpc) is 2.80. The highest BCUT2D eigenvalue weighted by Crippen LogP contribution is 2.40. The van der Waals surface area contributed by atoms with Gasteiger partial charge in [0.2, 0.25) is 0 Å². The minimum atomic E-state index is -0.302. The molecule has 0 spiro atoms. The number of hydrogen-bond donors (Lipinski definition) is 0. The van der Waals surface area contributed by atoms with Crippen LogP contribution in [0.15, 0.2) is 48.5 Å². The highest BCUT2D eigenvalue weighted by atomic mass is 16.6. The van der Waals surface area contributed by atoms with Gasteiger partial charge in [0.05, 0.1) is 10.5 Å². The second kappa shape index (κ2) is 3.42. The topological polar surface area (TPSA) is 43.1 Å². The smallest absolute Gasteiger partial charge is 0.258 e. The molecule has 3 aromatic carbocycles. The lowest BCUT2D eigenvalue weighted by molar-refractivity contribution is -0.374. The van der Waals surface area contributed by atoms with Crippen LogP contribution in [0.1, 0.15) is 11.1 Å². The van der Waals surface area contributed by atoms with Gasteiger partial charge in [-0.3, -0.25) is 10.1 Å². The summed E-state index contributed by atoms with van der Waals surface area (Å²) in [4.78, 5) is 10.9. The van der Waals surface area contributed by atoms with Crippen LogP contribution in [-0.2, 0) is 0 Å². The van der Waals surface area contributed by atoms with Crippen molar-refractivity contribution in [3.8, 4) is 0 Å². The summed E-state index contributed by atoms with van der Waals surface area (Å²) in [5.41, 5.74) is 1.86. The fourth-order valence-electron chi connectivity index (χ4n) is 2.89. The Hall–Kier alpha value is -2.68. The van der Waals surface area contributed by atoms with Gasteiger partial charge in [0.1, 0.15) is 0 Å². The van der Waals surface area contributed by atoms with E-state index in [9.17, 15) is 10.1 Å². The lowest BCUT2D eigenvalue weighted by atomic mass is 9.97. The third-order valence-electron chi connectivity index (χ3n) is 3.68. The molecule has 3 heteroatoms. The van der Waals surface area contributed by atoms with E-state index >= 15 is 0 Å². The maximum Gasteiger partial charge on any atom is 0.277 e. The molecule has 0 atom stereocenters. The third kappa shape index (κ3) is 1.27. The first-order valence-corrected chi connectivity index (χ1v) is 6.06. The van der Waals surface area contributed by atoms with Gasteiger partial charge in [-0.2, -0.15) is 0 Å². The van der Waals surface area contributed by atoms with Gasteiger partial charge in [-0.25, -0.2) is 0 Å². The van der Waals surface area contributed by atoms with Gasteiger partial charge in [0, 0.05) is 11.5 Å². The Bertz CT molecular complexity index is 894. The highest BCUT2D eigenvalue weighted by molar-refractivity contribution is 6.17. The van der Waals surface area contributed by atoms with E-state index in [4.69, 9.17) is 0 Å². The molecule has 0 amide bonds. The molecule has 0 aromatic heterocycles. The predicted octanol–water partition coefficient (Wildman–Crippen LogP) is 4.08. The molecule has 0 fully saturated rings. The number of nitrogens with zero attached hydrogens (tertiary/aromatic N) is 1. The zero-order chi connectivity index (χ0) is 13.0. The van der Waals surface area contributed by atoms with Crippen molar-refractivity contribution in [1.82, 2.24) is 0 Å². The zero-order valence-corrected chi connectivity index (χ0v) is 9.96. The lowest BCUT2D eigenvalue weighted by Crippen LogP contribution is -1.95. The van der Waals surface area contributed by atoms with E-state index in [0.717, 1.165) is 32.7 Å². The van der Waals surface area contributed by atoms with Crippen molar-refractivity contribution in [3.05, 3.63) is 69.8 Å². The van der Waals surface area contributed by atoms with Crippen molar-refractivity contribution in [3.63, 3.8) is 0 Å². The fourth-order valence-corrected chi connectivity index (χ4v) is 2.89. The van der Waals surface area contributed by atoms with Crippen LogP contribution >= 0.6 is 0 Å². The molecule has 90 valence electrons. The summed E-state index contributed by atoms with van der Waals surface area (Å²) in [6.07, 6.45) is 1.66. The van der Waals surface area contributed by atoms with E-state index in [1.807, 2.05) is 42.5 Å². The summed E-state index contributed by atoms with van der Waals surface area (Å²) in [7, 11) is 0. The Kier molecular flexibility index (Phi) is 1.85. The van der Waals surface area contributed by atoms with Gasteiger partial charge >= 0.3 is 0 Å². The van der Waals surface area contributed by atoms with Crippen LogP contribution in [0, 0.1) is 10.1 Å². The molecule has 0 aliphatic heterocycles. The quantitative estimate of drug-likeness (QED) is 0.369. The molecule has 19 heavy (non-hydrogen) atoms. The molecule has 1 aliphatic carbocycles. The number of fused-ring (bicyclic) bond motifs is 2. The van der Waals surface area contributed by atoms with Crippen molar-refractivity contribution in [2.24, 2.45) is 0 Å². The molecule has 0 bridgehead atoms. The van der Waals surface area contributed by atoms with Gasteiger partial charge in [-0.05, 0) is 27.8 Å². The maximum atomic E-state index is 11.2. The molecular weight excluding hydrogens is 238 g/mol. The summed E-state index contributed by atoms with van der Waals surface area (Å²) in [6.45, 7) is 0. The standard InChI is InChI=1S/C16H9NO2/c18-17(19)15-9-11-5-3-7-13-12-6-2-1-4-10(12)8-14(15)16(11)13/h1-9H. The van der Waals surface area contributed by atoms with E-state index < -0.39 is 0 Å². The number of benzene rings is 3. The summed E-state index contributed by atoms with van der Waals surface area (Å²) in [5, 5.41) is 15.4. The summed E-state index contributed by atoms with van der Waals surface area (Å²) < 4.78 is 0. The van der Waals surface area contributed by atoms with Crippen molar-refractivity contribution < 1.29 is 4.92 Å². The van der Waals surface area contributed by atoms with Gasteiger partial charge in [0.25, 0.3) is 5.70 Å². The molecule has 0 saturated heterocycles. The molecule has 3 nitrogen and oxygen atoms in total. The van der Waals surface area contributed by atoms with Crippen LogP contribution in [0.3, 0.4) is 0 Å². The first kappa shape index (κ1) is 10.3. The molecule has 3 aromatic rings. The summed E-state index contributed by atoms with van der Waals surface area (Å²) in [5.74, 6) is 0. The number of rotatable bonds is 1. The molecule has 4 rings (SSSR count). The average molecular weight is 247 g/mol. The Labute approximate surface area is 108 Å². The summed E-state index contributed by atoms with van der Waals surface area (Å²) >= 11 is 0. The van der Waals surface area contributed by atoms with Crippen LogP contribution < -0.4 is 0 Å². The van der Waals surface area contributed by atoms with Crippen molar-refractivity contribution in [2.45, 2.75) is 0 Å². The Balaban J connectivity index is 2.26. The second-order valence-electron chi connectivity index (χ2n) is 4.70. The van der Waals surface area contributed by atoms with E-state index in [1.54, 1.807) is 6.08 Å². The molecular formula is C16H9NO2. The monoisotopic (exact) mass is 247 g/mol. The SMILES string of the molecule is O=[N+]([O-])C1=Cc2cccc3c2c1cc1ccccc13. The van der Waals surface area contributed by atoms with Gasteiger partial charge in [-0.15, -0.1) is 0 Å². The van der Waals surface area contributed by atoms with Crippen LogP contribution in [0.4, 0.5) is 0 Å². The minimum Gasteiger partial charge on any atom is -0.258 e. The second-order valence-corrected chi connectivity index (χ2v) is 4.70. The lowest BCUT2D eigenvalue weighted by Gasteiger charge is -2.06. The Morgan fingerprint density at radius 1 is 0.947 bits per heavy atom. The summed E-state index contributed by atoms with van der Waals surface area (Å²) in [6, 6.07) is 15.8.